The summed E-state index contributed by atoms with van der Waals surface area (Å²) < 4.78 is 21.9. The van der Waals surface area contributed by atoms with Gasteiger partial charge in [0, 0.05) is 43.3 Å². The molecule has 0 saturated carbocycles. The van der Waals surface area contributed by atoms with E-state index in [1.165, 1.54) is 0 Å². The molecule has 9 nitrogen and oxygen atoms in total. The normalized spacial score (nSPS) is 14.9. The van der Waals surface area contributed by atoms with Crippen molar-refractivity contribution in [1.82, 2.24) is 14.7 Å². The molecule has 5 rings (SSSR count). The molecule has 2 aliphatic heterocycles. The lowest BCUT2D eigenvalue weighted by atomic mass is 10.1. The number of hydrogen-bond donors (Lipinski definition) is 0. The van der Waals surface area contributed by atoms with E-state index in [-0.39, 0.29) is 31.7 Å². The van der Waals surface area contributed by atoms with Crippen LogP contribution in [0.4, 0.5) is 0 Å². The van der Waals surface area contributed by atoms with Crippen LogP contribution in [0.15, 0.2) is 65.3 Å². The molecule has 0 atom stereocenters. The molecule has 10 heteroatoms. The second-order valence-electron chi connectivity index (χ2n) is 9.20. The summed E-state index contributed by atoms with van der Waals surface area (Å²) in [4.78, 5) is 32.8. The molecule has 0 unspecified atom stereocenters. The molecule has 3 aromatic rings. The van der Waals surface area contributed by atoms with Crippen molar-refractivity contribution in [1.29, 1.82) is 0 Å². The van der Waals surface area contributed by atoms with Crippen LogP contribution in [0.5, 0.6) is 11.5 Å². The van der Waals surface area contributed by atoms with E-state index in [1.54, 1.807) is 46.4 Å². The summed E-state index contributed by atoms with van der Waals surface area (Å²) in [6.45, 7) is 4.68. The molecule has 38 heavy (non-hydrogen) atoms. The number of carbonyl (C=O) groups excluding carboxylic acids is 2. The standard InChI is InChI=1S/C28H30ClN3O6/c29-23-6-4-22(5-7-23)28(34)31(10-9-30-11-14-35-15-12-30)19-27(33)32(18-24-2-1-13-36-24)17-21-3-8-25-26(16-21)38-20-37-25/h1-8,13,16H,9-12,14-15,17-20H2. The van der Waals surface area contributed by atoms with Crippen molar-refractivity contribution in [3.63, 3.8) is 0 Å². The van der Waals surface area contributed by atoms with Crippen LogP contribution in [0.3, 0.4) is 0 Å². The van der Waals surface area contributed by atoms with Gasteiger partial charge in [-0.05, 0) is 54.1 Å². The molecule has 0 bridgehead atoms. The molecule has 0 N–H and O–H groups in total. The molecule has 200 valence electrons. The Kier molecular flexibility index (Phi) is 8.47. The van der Waals surface area contributed by atoms with Gasteiger partial charge >= 0.3 is 0 Å². The van der Waals surface area contributed by atoms with E-state index in [0.29, 0.717) is 60.7 Å². The number of nitrogens with zero attached hydrogens (tertiary/aromatic N) is 3. The number of rotatable bonds is 10. The van der Waals surface area contributed by atoms with E-state index in [9.17, 15) is 9.59 Å². The Morgan fingerprint density at radius 2 is 1.71 bits per heavy atom. The van der Waals surface area contributed by atoms with Crippen LogP contribution in [0.25, 0.3) is 0 Å². The lowest BCUT2D eigenvalue weighted by molar-refractivity contribution is -0.133. The SMILES string of the molecule is O=C(CN(CCN1CCOCC1)C(=O)c1ccc(Cl)cc1)N(Cc1ccc2c(c1)OCO2)Cc1ccco1. The van der Waals surface area contributed by atoms with Crippen molar-refractivity contribution in [3.05, 3.63) is 82.8 Å². The number of furan rings is 1. The number of fused-ring (bicyclic) bond motifs is 1. The zero-order chi connectivity index (χ0) is 26.3. The first-order valence-electron chi connectivity index (χ1n) is 12.6. The summed E-state index contributed by atoms with van der Waals surface area (Å²) in [6.07, 6.45) is 1.58. The fraction of sp³-hybridized carbons (Fsp3) is 0.357. The molecule has 0 radical (unpaired) electrons. The Labute approximate surface area is 226 Å². The summed E-state index contributed by atoms with van der Waals surface area (Å²) in [5, 5.41) is 0.547. The number of carbonyl (C=O) groups is 2. The van der Waals surface area contributed by atoms with E-state index in [1.807, 2.05) is 24.3 Å². The van der Waals surface area contributed by atoms with E-state index in [2.05, 4.69) is 4.90 Å². The number of halogens is 1. The highest BCUT2D eigenvalue weighted by atomic mass is 35.5. The average Bonchev–Trinajstić information content (AvgIpc) is 3.63. The Bertz CT molecular complexity index is 1230. The smallest absolute Gasteiger partial charge is 0.254 e. The van der Waals surface area contributed by atoms with Gasteiger partial charge in [-0.25, -0.2) is 0 Å². The van der Waals surface area contributed by atoms with Gasteiger partial charge in [-0.2, -0.15) is 0 Å². The first kappa shape index (κ1) is 26.1. The lowest BCUT2D eigenvalue weighted by Crippen LogP contribution is -2.47. The third-order valence-corrected chi connectivity index (χ3v) is 6.84. The van der Waals surface area contributed by atoms with Crippen LogP contribution in [0.2, 0.25) is 5.02 Å². The molecule has 1 aromatic heterocycles. The third kappa shape index (κ3) is 6.66. The number of ether oxygens (including phenoxy) is 3. The summed E-state index contributed by atoms with van der Waals surface area (Å²) >= 11 is 6.03. The average molecular weight is 540 g/mol. The first-order chi connectivity index (χ1) is 18.5. The summed E-state index contributed by atoms with van der Waals surface area (Å²) in [5.74, 6) is 1.58. The van der Waals surface area contributed by atoms with Gasteiger partial charge in [-0.1, -0.05) is 17.7 Å². The van der Waals surface area contributed by atoms with Crippen molar-refractivity contribution in [2.45, 2.75) is 13.1 Å². The predicted octanol–water partition coefficient (Wildman–Crippen LogP) is 3.67. The van der Waals surface area contributed by atoms with E-state index in [4.69, 9.17) is 30.2 Å². The minimum atomic E-state index is -0.218. The summed E-state index contributed by atoms with van der Waals surface area (Å²) in [5.41, 5.74) is 1.37. The van der Waals surface area contributed by atoms with Gasteiger partial charge in [-0.15, -0.1) is 0 Å². The van der Waals surface area contributed by atoms with E-state index < -0.39 is 0 Å². The van der Waals surface area contributed by atoms with Crippen molar-refractivity contribution in [2.24, 2.45) is 0 Å². The van der Waals surface area contributed by atoms with Crippen molar-refractivity contribution in [2.75, 3.05) is 52.7 Å². The van der Waals surface area contributed by atoms with Crippen molar-refractivity contribution in [3.8, 4) is 11.5 Å². The molecular formula is C28H30ClN3O6. The van der Waals surface area contributed by atoms with Gasteiger partial charge < -0.3 is 28.4 Å². The molecular weight excluding hydrogens is 510 g/mol. The number of hydrogen-bond acceptors (Lipinski definition) is 7. The van der Waals surface area contributed by atoms with Gasteiger partial charge in [0.2, 0.25) is 12.7 Å². The fourth-order valence-electron chi connectivity index (χ4n) is 4.46. The molecule has 1 fully saturated rings. The molecule has 3 heterocycles. The zero-order valence-corrected chi connectivity index (χ0v) is 21.8. The predicted molar refractivity (Wildman–Crippen MR) is 140 cm³/mol. The first-order valence-corrected chi connectivity index (χ1v) is 13.0. The lowest BCUT2D eigenvalue weighted by Gasteiger charge is -2.31. The number of morpholine rings is 1. The molecule has 1 saturated heterocycles. The quantitative estimate of drug-likeness (QED) is 0.389. The molecule has 0 spiro atoms. The Morgan fingerprint density at radius 3 is 2.47 bits per heavy atom. The van der Waals surface area contributed by atoms with Crippen molar-refractivity contribution < 1.29 is 28.2 Å². The van der Waals surface area contributed by atoms with Gasteiger partial charge in [0.15, 0.2) is 11.5 Å². The second kappa shape index (κ2) is 12.3. The topological polar surface area (TPSA) is 84.7 Å². The maximum atomic E-state index is 13.7. The second-order valence-corrected chi connectivity index (χ2v) is 9.64. The monoisotopic (exact) mass is 539 g/mol. The highest BCUT2D eigenvalue weighted by Gasteiger charge is 2.25. The van der Waals surface area contributed by atoms with Gasteiger partial charge in [-0.3, -0.25) is 14.5 Å². The highest BCUT2D eigenvalue weighted by Crippen LogP contribution is 2.33. The van der Waals surface area contributed by atoms with E-state index in [0.717, 1.165) is 18.7 Å². The van der Waals surface area contributed by atoms with Crippen molar-refractivity contribution >= 4 is 23.4 Å². The number of amides is 2. The van der Waals surface area contributed by atoms with Gasteiger partial charge in [0.05, 0.1) is 26.0 Å². The van der Waals surface area contributed by atoms with Crippen LogP contribution in [-0.4, -0.2) is 79.2 Å². The Hall–Kier alpha value is -3.53. The highest BCUT2D eigenvalue weighted by molar-refractivity contribution is 6.30. The molecule has 2 amide bonds. The van der Waals surface area contributed by atoms with Crippen LogP contribution in [0, 0.1) is 0 Å². The Morgan fingerprint density at radius 1 is 0.921 bits per heavy atom. The maximum absolute atomic E-state index is 13.7. The number of benzene rings is 2. The summed E-state index contributed by atoms with van der Waals surface area (Å²) in [7, 11) is 0. The third-order valence-electron chi connectivity index (χ3n) is 6.58. The van der Waals surface area contributed by atoms with E-state index >= 15 is 0 Å². The van der Waals surface area contributed by atoms with Crippen LogP contribution >= 0.6 is 11.6 Å². The van der Waals surface area contributed by atoms with Gasteiger partial charge in [0.25, 0.3) is 5.91 Å². The fourth-order valence-corrected chi connectivity index (χ4v) is 4.59. The zero-order valence-electron chi connectivity index (χ0n) is 21.0. The molecule has 2 aromatic carbocycles. The summed E-state index contributed by atoms with van der Waals surface area (Å²) in [6, 6.07) is 16.0. The largest absolute Gasteiger partial charge is 0.467 e. The van der Waals surface area contributed by atoms with Crippen LogP contribution < -0.4 is 9.47 Å². The minimum absolute atomic E-state index is 0.0724. The molecule has 0 aliphatic carbocycles. The van der Waals surface area contributed by atoms with Gasteiger partial charge in [0.1, 0.15) is 12.3 Å². The molecule has 2 aliphatic rings. The van der Waals surface area contributed by atoms with Crippen LogP contribution in [-0.2, 0) is 22.6 Å². The van der Waals surface area contributed by atoms with Crippen LogP contribution in [0.1, 0.15) is 21.7 Å². The minimum Gasteiger partial charge on any atom is -0.467 e. The Balaban J connectivity index is 1.34. The maximum Gasteiger partial charge on any atom is 0.254 e.